The Kier molecular flexibility index (Phi) is 5.58. The van der Waals surface area contributed by atoms with Crippen molar-refractivity contribution >= 4 is 23.3 Å². The lowest BCUT2D eigenvalue weighted by Crippen LogP contribution is -2.22. The van der Waals surface area contributed by atoms with Gasteiger partial charge >= 0.3 is 0 Å². The maximum absolute atomic E-state index is 12.2. The van der Waals surface area contributed by atoms with E-state index in [2.05, 4.69) is 10.4 Å². The van der Waals surface area contributed by atoms with Crippen molar-refractivity contribution in [2.45, 2.75) is 20.4 Å². The first-order valence-electron chi connectivity index (χ1n) is 8.28. The predicted octanol–water partition coefficient (Wildman–Crippen LogP) is 4.22. The second-order valence-corrected chi connectivity index (χ2v) is 6.41. The summed E-state index contributed by atoms with van der Waals surface area (Å²) in [7, 11) is 0. The number of ether oxygens (including phenoxy) is 1. The number of nitrogens with zero attached hydrogens (tertiary/aromatic N) is 2. The molecule has 0 aliphatic heterocycles. The molecule has 134 valence electrons. The monoisotopic (exact) mass is 369 g/mol. The van der Waals surface area contributed by atoms with Crippen LogP contribution in [-0.4, -0.2) is 22.3 Å². The molecule has 1 heterocycles. The van der Waals surface area contributed by atoms with Crippen molar-refractivity contribution in [3.63, 3.8) is 0 Å². The lowest BCUT2D eigenvalue weighted by atomic mass is 10.1. The molecule has 0 aliphatic carbocycles. The molecule has 3 aromatic rings. The number of anilines is 1. The molecule has 0 saturated carbocycles. The molecule has 0 fully saturated rings. The van der Waals surface area contributed by atoms with Crippen LogP contribution in [0.4, 0.5) is 5.82 Å². The van der Waals surface area contributed by atoms with Crippen molar-refractivity contribution in [3.05, 3.63) is 76.4 Å². The largest absolute Gasteiger partial charge is 0.483 e. The summed E-state index contributed by atoms with van der Waals surface area (Å²) >= 11 is 6.20. The van der Waals surface area contributed by atoms with E-state index in [4.69, 9.17) is 16.3 Å². The Labute approximate surface area is 157 Å². The first-order valence-corrected chi connectivity index (χ1v) is 8.66. The van der Waals surface area contributed by atoms with Crippen LogP contribution in [0.1, 0.15) is 16.7 Å². The van der Waals surface area contributed by atoms with E-state index in [0.717, 1.165) is 16.7 Å². The zero-order valence-corrected chi connectivity index (χ0v) is 15.5. The number of halogens is 1. The van der Waals surface area contributed by atoms with Crippen LogP contribution in [-0.2, 0) is 11.3 Å². The number of aryl methyl sites for hydroxylation is 1. The number of hydrogen-bond acceptors (Lipinski definition) is 3. The van der Waals surface area contributed by atoms with Crippen LogP contribution in [0, 0.1) is 13.8 Å². The number of carbonyl (C=O) groups is 1. The molecule has 1 N–H and O–H groups in total. The van der Waals surface area contributed by atoms with E-state index >= 15 is 0 Å². The standard InChI is InChI=1S/C20H20ClN3O2/c1-14-6-5-9-18(15(14)2)26-13-20(25)23-19-10-11-22-24(19)12-16-7-3-4-8-17(16)21/h3-11H,12-13H2,1-2H3,(H,23,25). The molecular formula is C20H20ClN3O2. The summed E-state index contributed by atoms with van der Waals surface area (Å²) in [5.74, 6) is 1.07. The zero-order valence-electron chi connectivity index (χ0n) is 14.7. The van der Waals surface area contributed by atoms with Gasteiger partial charge in [-0.05, 0) is 42.7 Å². The van der Waals surface area contributed by atoms with E-state index in [-0.39, 0.29) is 12.5 Å². The predicted molar refractivity (Wildman–Crippen MR) is 103 cm³/mol. The topological polar surface area (TPSA) is 56.1 Å². The molecule has 0 unspecified atom stereocenters. The van der Waals surface area contributed by atoms with E-state index in [1.807, 2.05) is 56.3 Å². The van der Waals surface area contributed by atoms with Crippen LogP contribution in [0.2, 0.25) is 5.02 Å². The Hall–Kier alpha value is -2.79. The Morgan fingerprint density at radius 1 is 1.15 bits per heavy atom. The normalized spacial score (nSPS) is 10.6. The van der Waals surface area contributed by atoms with Gasteiger partial charge in [0.15, 0.2) is 6.61 Å². The highest BCUT2D eigenvalue weighted by atomic mass is 35.5. The molecule has 26 heavy (non-hydrogen) atoms. The summed E-state index contributed by atoms with van der Waals surface area (Å²) in [6, 6.07) is 15.1. The van der Waals surface area contributed by atoms with Gasteiger partial charge < -0.3 is 10.1 Å². The van der Waals surface area contributed by atoms with Crippen LogP contribution in [0.15, 0.2) is 54.7 Å². The molecule has 0 spiro atoms. The zero-order chi connectivity index (χ0) is 18.5. The molecule has 6 heteroatoms. The van der Waals surface area contributed by atoms with Gasteiger partial charge in [0.2, 0.25) is 0 Å². The summed E-state index contributed by atoms with van der Waals surface area (Å²) in [6.45, 7) is 4.39. The second kappa shape index (κ2) is 8.06. The number of benzene rings is 2. The van der Waals surface area contributed by atoms with Crippen LogP contribution < -0.4 is 10.1 Å². The van der Waals surface area contributed by atoms with Gasteiger partial charge in [-0.15, -0.1) is 0 Å². The summed E-state index contributed by atoms with van der Waals surface area (Å²) in [5.41, 5.74) is 3.09. The minimum Gasteiger partial charge on any atom is -0.483 e. The fraction of sp³-hybridized carbons (Fsp3) is 0.200. The number of hydrogen-bond donors (Lipinski definition) is 1. The molecule has 1 amide bonds. The fourth-order valence-electron chi connectivity index (χ4n) is 2.56. The van der Waals surface area contributed by atoms with Crippen LogP contribution in [0.25, 0.3) is 0 Å². The maximum Gasteiger partial charge on any atom is 0.263 e. The van der Waals surface area contributed by atoms with E-state index in [9.17, 15) is 4.79 Å². The minimum absolute atomic E-state index is 0.0679. The summed E-state index contributed by atoms with van der Waals surface area (Å²) in [6.07, 6.45) is 1.64. The highest BCUT2D eigenvalue weighted by molar-refractivity contribution is 6.31. The van der Waals surface area contributed by atoms with Gasteiger partial charge in [0.1, 0.15) is 11.6 Å². The Morgan fingerprint density at radius 3 is 2.77 bits per heavy atom. The molecule has 1 aromatic heterocycles. The van der Waals surface area contributed by atoms with Crippen LogP contribution >= 0.6 is 11.6 Å². The quantitative estimate of drug-likeness (QED) is 0.707. The number of aromatic nitrogens is 2. The molecule has 0 saturated heterocycles. The highest BCUT2D eigenvalue weighted by Crippen LogP contribution is 2.21. The smallest absolute Gasteiger partial charge is 0.263 e. The van der Waals surface area contributed by atoms with E-state index in [1.54, 1.807) is 16.9 Å². The summed E-state index contributed by atoms with van der Waals surface area (Å²) < 4.78 is 7.33. The number of carbonyl (C=O) groups excluding carboxylic acids is 1. The van der Waals surface area contributed by atoms with Gasteiger partial charge in [-0.1, -0.05) is 41.9 Å². The van der Waals surface area contributed by atoms with Crippen LogP contribution in [0.3, 0.4) is 0 Å². The molecule has 0 aliphatic rings. The Morgan fingerprint density at radius 2 is 1.96 bits per heavy atom. The van der Waals surface area contributed by atoms with Gasteiger partial charge in [0.05, 0.1) is 12.7 Å². The van der Waals surface area contributed by atoms with Gasteiger partial charge in [0, 0.05) is 11.1 Å². The van der Waals surface area contributed by atoms with E-state index in [0.29, 0.717) is 23.1 Å². The maximum atomic E-state index is 12.2. The number of rotatable bonds is 6. The average Bonchev–Trinajstić information content (AvgIpc) is 3.05. The highest BCUT2D eigenvalue weighted by Gasteiger charge is 2.11. The number of nitrogens with one attached hydrogen (secondary N) is 1. The molecule has 0 bridgehead atoms. The minimum atomic E-state index is -0.244. The third kappa shape index (κ3) is 4.24. The third-order valence-corrected chi connectivity index (χ3v) is 4.54. The SMILES string of the molecule is Cc1cccc(OCC(=O)Nc2ccnn2Cc2ccccc2Cl)c1C. The average molecular weight is 370 g/mol. The summed E-state index contributed by atoms with van der Waals surface area (Å²) in [4.78, 5) is 12.2. The van der Waals surface area contributed by atoms with Crippen molar-refractivity contribution in [3.8, 4) is 5.75 Å². The molecule has 3 rings (SSSR count). The van der Waals surface area contributed by atoms with Gasteiger partial charge in [-0.2, -0.15) is 5.10 Å². The third-order valence-electron chi connectivity index (χ3n) is 4.18. The number of amides is 1. The first kappa shape index (κ1) is 18.0. The van der Waals surface area contributed by atoms with Crippen LogP contribution in [0.5, 0.6) is 5.75 Å². The lowest BCUT2D eigenvalue weighted by Gasteiger charge is -2.12. The van der Waals surface area contributed by atoms with Gasteiger partial charge in [0.25, 0.3) is 5.91 Å². The molecule has 5 nitrogen and oxygen atoms in total. The molecule has 0 radical (unpaired) electrons. The first-order chi connectivity index (χ1) is 12.5. The van der Waals surface area contributed by atoms with Crippen molar-refractivity contribution in [1.29, 1.82) is 0 Å². The van der Waals surface area contributed by atoms with E-state index < -0.39 is 0 Å². The van der Waals surface area contributed by atoms with Gasteiger partial charge in [-0.3, -0.25) is 4.79 Å². The molecule has 2 aromatic carbocycles. The van der Waals surface area contributed by atoms with Crippen molar-refractivity contribution < 1.29 is 9.53 Å². The van der Waals surface area contributed by atoms with E-state index in [1.165, 1.54) is 0 Å². The Bertz CT molecular complexity index is 921. The van der Waals surface area contributed by atoms with Crippen molar-refractivity contribution in [2.75, 3.05) is 11.9 Å². The molecular weight excluding hydrogens is 350 g/mol. The lowest BCUT2D eigenvalue weighted by molar-refractivity contribution is -0.118. The van der Waals surface area contributed by atoms with Crippen molar-refractivity contribution in [1.82, 2.24) is 9.78 Å². The summed E-state index contributed by atoms with van der Waals surface area (Å²) in [5, 5.41) is 7.75. The fourth-order valence-corrected chi connectivity index (χ4v) is 2.75. The molecule has 0 atom stereocenters. The van der Waals surface area contributed by atoms with Gasteiger partial charge in [-0.25, -0.2) is 4.68 Å². The Balaban J connectivity index is 1.63. The second-order valence-electron chi connectivity index (χ2n) is 6.00. The van der Waals surface area contributed by atoms with Crippen molar-refractivity contribution in [2.24, 2.45) is 0 Å².